The maximum absolute atomic E-state index is 12.6. The lowest BCUT2D eigenvalue weighted by Gasteiger charge is -2.33. The lowest BCUT2D eigenvalue weighted by molar-refractivity contribution is -0.141. The average Bonchev–Trinajstić information content (AvgIpc) is 3.14. The van der Waals surface area contributed by atoms with Crippen molar-refractivity contribution in [2.45, 2.75) is 45.7 Å². The zero-order valence-corrected chi connectivity index (χ0v) is 22.0. The lowest BCUT2D eigenvalue weighted by atomic mass is 10.0. The Morgan fingerprint density at radius 1 is 1.17 bits per heavy atom. The molecule has 0 saturated carbocycles. The summed E-state index contributed by atoms with van der Waals surface area (Å²) in [7, 11) is -2.85. The number of sulfone groups is 1. The number of methoxy groups -OCH3 is 1. The normalized spacial score (nSPS) is 16.7. The molecule has 2 aromatic rings. The second kappa shape index (κ2) is 11.8. The van der Waals surface area contributed by atoms with Crippen LogP contribution < -0.4 is 4.80 Å². The number of nitrogens with zero attached hydrogens (tertiary/aromatic N) is 3. The summed E-state index contributed by atoms with van der Waals surface area (Å²) in [6.45, 7) is 3.98. The Labute approximate surface area is 212 Å². The number of likely N-dealkylation sites (tertiary alicyclic amines) is 1. The molecule has 196 valence electrons. The highest BCUT2D eigenvalue weighted by atomic mass is 32.2. The molecule has 11 nitrogen and oxygen atoms in total. The number of benzene rings is 1. The fourth-order valence-electron chi connectivity index (χ4n) is 3.96. The van der Waals surface area contributed by atoms with Crippen molar-refractivity contribution >= 4 is 55.1 Å². The first kappa shape index (κ1) is 27.5. The molecule has 0 spiro atoms. The number of fused-ring (bicyclic) bond motifs is 1. The first-order valence-corrected chi connectivity index (χ1v) is 14.1. The fourth-order valence-corrected chi connectivity index (χ4v) is 6.14. The van der Waals surface area contributed by atoms with E-state index in [9.17, 15) is 27.6 Å². The molecular formula is C23H29N3O8S2. The van der Waals surface area contributed by atoms with E-state index in [1.807, 2.05) is 6.92 Å². The van der Waals surface area contributed by atoms with Crippen molar-refractivity contribution in [1.82, 2.24) is 9.47 Å². The van der Waals surface area contributed by atoms with Crippen LogP contribution in [0.1, 0.15) is 43.5 Å². The summed E-state index contributed by atoms with van der Waals surface area (Å²) in [6, 6.07) is 4.60. The second-order valence-electron chi connectivity index (χ2n) is 8.42. The molecule has 13 heteroatoms. The van der Waals surface area contributed by atoms with Gasteiger partial charge < -0.3 is 18.9 Å². The molecule has 1 aliphatic rings. The molecule has 1 aromatic heterocycles. The van der Waals surface area contributed by atoms with E-state index >= 15 is 0 Å². The summed E-state index contributed by atoms with van der Waals surface area (Å²) >= 11 is 1.01. The van der Waals surface area contributed by atoms with E-state index in [1.54, 1.807) is 24.0 Å². The van der Waals surface area contributed by atoms with Crippen LogP contribution in [-0.2, 0) is 40.2 Å². The van der Waals surface area contributed by atoms with Gasteiger partial charge in [-0.05, 0) is 51.3 Å². The number of esters is 2. The van der Waals surface area contributed by atoms with Gasteiger partial charge in [-0.3, -0.25) is 14.4 Å². The number of carbonyl (C=O) groups is 4. The van der Waals surface area contributed by atoms with Gasteiger partial charge in [0.2, 0.25) is 5.91 Å². The van der Waals surface area contributed by atoms with Crippen molar-refractivity contribution in [3.63, 3.8) is 0 Å². The van der Waals surface area contributed by atoms with Gasteiger partial charge in [0.15, 0.2) is 14.6 Å². The number of rotatable bonds is 8. The van der Waals surface area contributed by atoms with Crippen LogP contribution in [-0.4, -0.2) is 79.4 Å². The molecule has 1 atom stereocenters. The number of hydrogen-bond acceptors (Lipinski definition) is 9. The van der Waals surface area contributed by atoms with Gasteiger partial charge in [0.1, 0.15) is 18.1 Å². The van der Waals surface area contributed by atoms with Gasteiger partial charge in [0.25, 0.3) is 5.91 Å². The van der Waals surface area contributed by atoms with Crippen LogP contribution in [0.25, 0.3) is 10.2 Å². The zero-order valence-electron chi connectivity index (χ0n) is 20.4. The summed E-state index contributed by atoms with van der Waals surface area (Å²) < 4.78 is 36.9. The van der Waals surface area contributed by atoms with Crippen LogP contribution in [0.5, 0.6) is 0 Å². The molecule has 0 bridgehead atoms. The molecule has 1 unspecified atom stereocenters. The lowest BCUT2D eigenvalue weighted by Crippen LogP contribution is -2.45. The van der Waals surface area contributed by atoms with Gasteiger partial charge >= 0.3 is 11.9 Å². The number of hydrogen-bond donors (Lipinski definition) is 0. The molecule has 2 amide bonds. The highest BCUT2D eigenvalue weighted by molar-refractivity contribution is 7.92. The average molecular weight is 540 g/mol. The summed E-state index contributed by atoms with van der Waals surface area (Å²) in [4.78, 5) is 54.8. The summed E-state index contributed by atoms with van der Waals surface area (Å²) in [5.41, 5.74) is 0.781. The third-order valence-electron chi connectivity index (χ3n) is 5.74. The third-order valence-corrected chi connectivity index (χ3v) is 8.15. The minimum Gasteiger partial charge on any atom is -0.468 e. The highest BCUT2D eigenvalue weighted by Gasteiger charge is 2.28. The molecule has 36 heavy (non-hydrogen) atoms. The molecule has 3 rings (SSSR count). The Morgan fingerprint density at radius 3 is 2.58 bits per heavy atom. The second-order valence-corrected chi connectivity index (χ2v) is 11.5. The third kappa shape index (κ3) is 6.78. The summed E-state index contributed by atoms with van der Waals surface area (Å²) in [6.07, 6.45) is 2.61. The smallest absolute Gasteiger partial charge is 0.338 e. The monoisotopic (exact) mass is 539 g/mol. The summed E-state index contributed by atoms with van der Waals surface area (Å²) in [5.74, 6) is -4.33. The maximum Gasteiger partial charge on any atom is 0.338 e. The van der Waals surface area contributed by atoms with E-state index in [4.69, 9.17) is 9.47 Å². The van der Waals surface area contributed by atoms with E-state index in [-0.39, 0.29) is 29.6 Å². The first-order chi connectivity index (χ1) is 17.0. The standard InChI is InChI=1S/C23H29N3O8S2/c1-4-34-22(30)16-8-9-17-18(11-16)35-23(26(17)12-21(29)33-3)24-19(27)13-36(31,32)14-20(28)25-10-6-5-7-15(25)2/h8-9,11,15H,4-7,10,12-14H2,1-3H3. The van der Waals surface area contributed by atoms with Crippen molar-refractivity contribution in [1.29, 1.82) is 0 Å². The van der Waals surface area contributed by atoms with Crippen LogP contribution in [0.4, 0.5) is 0 Å². The number of piperidine rings is 1. The number of carbonyl (C=O) groups excluding carboxylic acids is 4. The van der Waals surface area contributed by atoms with Gasteiger partial charge in [0, 0.05) is 12.6 Å². The predicted molar refractivity (Wildman–Crippen MR) is 132 cm³/mol. The molecule has 2 heterocycles. The molecule has 1 aliphatic heterocycles. The van der Waals surface area contributed by atoms with Gasteiger partial charge in [-0.25, -0.2) is 13.2 Å². The SMILES string of the molecule is CCOC(=O)c1ccc2c(c1)sc(=NC(=O)CS(=O)(=O)CC(=O)N1CCCCC1C)n2CC(=O)OC. The highest BCUT2D eigenvalue weighted by Crippen LogP contribution is 2.20. The summed E-state index contributed by atoms with van der Waals surface area (Å²) in [5, 5.41) is 0. The molecular weight excluding hydrogens is 510 g/mol. The Hall–Kier alpha value is -3.06. The van der Waals surface area contributed by atoms with Crippen LogP contribution in [0.3, 0.4) is 0 Å². The minimum atomic E-state index is -4.06. The number of thiazole rings is 1. The number of amides is 2. The minimum absolute atomic E-state index is 0.0443. The fraction of sp³-hybridized carbons (Fsp3) is 0.522. The number of aromatic nitrogens is 1. The largest absolute Gasteiger partial charge is 0.468 e. The van der Waals surface area contributed by atoms with Crippen molar-refractivity contribution in [3.8, 4) is 0 Å². The van der Waals surface area contributed by atoms with E-state index in [0.717, 1.165) is 30.6 Å². The predicted octanol–water partition coefficient (Wildman–Crippen LogP) is 1.30. The Morgan fingerprint density at radius 2 is 1.92 bits per heavy atom. The molecule has 0 aliphatic carbocycles. The Kier molecular flexibility index (Phi) is 9.01. The van der Waals surface area contributed by atoms with Crippen molar-refractivity contribution in [2.24, 2.45) is 4.99 Å². The molecule has 1 fully saturated rings. The zero-order chi connectivity index (χ0) is 26.5. The van der Waals surface area contributed by atoms with Gasteiger partial charge in [0.05, 0.1) is 29.5 Å². The molecule has 1 saturated heterocycles. The van der Waals surface area contributed by atoms with Crippen LogP contribution in [0.15, 0.2) is 23.2 Å². The van der Waals surface area contributed by atoms with E-state index in [2.05, 4.69) is 4.99 Å². The van der Waals surface area contributed by atoms with Crippen molar-refractivity contribution in [2.75, 3.05) is 31.8 Å². The Balaban J connectivity index is 1.88. The molecule has 0 N–H and O–H groups in total. The van der Waals surface area contributed by atoms with E-state index in [0.29, 0.717) is 16.8 Å². The van der Waals surface area contributed by atoms with Crippen molar-refractivity contribution in [3.05, 3.63) is 28.6 Å². The van der Waals surface area contributed by atoms with E-state index < -0.39 is 45.1 Å². The molecule has 1 aromatic carbocycles. The maximum atomic E-state index is 12.6. The van der Waals surface area contributed by atoms with Crippen LogP contribution >= 0.6 is 11.3 Å². The quantitative estimate of drug-likeness (QED) is 0.457. The van der Waals surface area contributed by atoms with E-state index in [1.165, 1.54) is 17.7 Å². The topological polar surface area (TPSA) is 141 Å². The van der Waals surface area contributed by atoms with Gasteiger partial charge in [-0.1, -0.05) is 11.3 Å². The van der Waals surface area contributed by atoms with Gasteiger partial charge in [-0.2, -0.15) is 4.99 Å². The first-order valence-electron chi connectivity index (χ1n) is 11.5. The van der Waals surface area contributed by atoms with Crippen LogP contribution in [0.2, 0.25) is 0 Å². The van der Waals surface area contributed by atoms with Gasteiger partial charge in [-0.15, -0.1) is 0 Å². The molecule has 0 radical (unpaired) electrons. The van der Waals surface area contributed by atoms with Crippen LogP contribution in [0, 0.1) is 0 Å². The van der Waals surface area contributed by atoms with Crippen molar-refractivity contribution < 1.29 is 37.1 Å². The Bertz CT molecular complexity index is 1340. The number of ether oxygens (including phenoxy) is 2.